The summed E-state index contributed by atoms with van der Waals surface area (Å²) in [5, 5.41) is 19.8. The molecular formula is C12H14N2O4. The molecule has 0 radical (unpaired) electrons. The van der Waals surface area contributed by atoms with Crippen LogP contribution in [0, 0.1) is 10.1 Å². The lowest BCUT2D eigenvalue weighted by Gasteiger charge is -2.22. The Labute approximate surface area is 104 Å². The van der Waals surface area contributed by atoms with Crippen LogP contribution in [-0.2, 0) is 0 Å². The maximum absolute atomic E-state index is 12.2. The molecule has 0 unspecified atom stereocenters. The number of benzene rings is 1. The number of nitro groups is 1. The molecule has 0 aliphatic carbocycles. The monoisotopic (exact) mass is 250 g/mol. The van der Waals surface area contributed by atoms with Crippen molar-refractivity contribution in [1.29, 1.82) is 0 Å². The summed E-state index contributed by atoms with van der Waals surface area (Å²) in [6.45, 7) is 0.521. The van der Waals surface area contributed by atoms with E-state index in [2.05, 4.69) is 0 Å². The van der Waals surface area contributed by atoms with E-state index in [1.165, 1.54) is 18.2 Å². The van der Waals surface area contributed by atoms with Gasteiger partial charge in [0.2, 0.25) is 0 Å². The summed E-state index contributed by atoms with van der Waals surface area (Å²) in [4.78, 5) is 23.9. The molecule has 6 nitrogen and oxygen atoms in total. The number of carbonyl (C=O) groups is 1. The van der Waals surface area contributed by atoms with Crippen LogP contribution < -0.4 is 0 Å². The second kappa shape index (κ2) is 5.14. The van der Waals surface area contributed by atoms with E-state index in [0.717, 1.165) is 12.8 Å². The number of aliphatic hydroxyl groups is 1. The van der Waals surface area contributed by atoms with Gasteiger partial charge in [0.25, 0.3) is 11.6 Å². The molecule has 1 atom stereocenters. The summed E-state index contributed by atoms with van der Waals surface area (Å²) in [6, 6.07) is 5.51. The largest absolute Gasteiger partial charge is 0.394 e. The van der Waals surface area contributed by atoms with Gasteiger partial charge in [0.1, 0.15) is 0 Å². The molecule has 1 aliphatic rings. The van der Waals surface area contributed by atoms with Crippen LogP contribution in [0.15, 0.2) is 24.3 Å². The van der Waals surface area contributed by atoms with Crippen LogP contribution in [0.2, 0.25) is 0 Å². The maximum Gasteiger partial charge on any atom is 0.270 e. The second-order valence-electron chi connectivity index (χ2n) is 4.28. The van der Waals surface area contributed by atoms with Gasteiger partial charge in [-0.25, -0.2) is 0 Å². The number of rotatable bonds is 3. The number of carbonyl (C=O) groups excluding carboxylic acids is 1. The van der Waals surface area contributed by atoms with E-state index < -0.39 is 4.92 Å². The van der Waals surface area contributed by atoms with E-state index in [-0.39, 0.29) is 24.2 Å². The van der Waals surface area contributed by atoms with Crippen molar-refractivity contribution in [3.63, 3.8) is 0 Å². The number of nitrogens with zero attached hydrogens (tertiary/aromatic N) is 2. The van der Waals surface area contributed by atoms with Gasteiger partial charge in [0.15, 0.2) is 0 Å². The van der Waals surface area contributed by atoms with Gasteiger partial charge in [-0.05, 0) is 18.9 Å². The Morgan fingerprint density at radius 1 is 1.56 bits per heavy atom. The predicted molar refractivity (Wildman–Crippen MR) is 64.2 cm³/mol. The Kier molecular flexibility index (Phi) is 3.57. The molecule has 0 saturated carbocycles. The molecule has 2 rings (SSSR count). The third-order valence-electron chi connectivity index (χ3n) is 3.15. The molecule has 1 N–H and O–H groups in total. The highest BCUT2D eigenvalue weighted by Gasteiger charge is 2.29. The maximum atomic E-state index is 12.2. The van der Waals surface area contributed by atoms with Gasteiger partial charge in [-0.3, -0.25) is 14.9 Å². The summed E-state index contributed by atoms with van der Waals surface area (Å²) in [5.74, 6) is -0.254. The molecule has 0 aromatic heterocycles. The average Bonchev–Trinajstić information content (AvgIpc) is 2.86. The fourth-order valence-corrected chi connectivity index (χ4v) is 2.21. The molecule has 1 fully saturated rings. The van der Waals surface area contributed by atoms with Crippen LogP contribution in [0.5, 0.6) is 0 Å². The summed E-state index contributed by atoms with van der Waals surface area (Å²) >= 11 is 0. The van der Waals surface area contributed by atoms with Gasteiger partial charge in [0, 0.05) is 24.2 Å². The fraction of sp³-hybridized carbons (Fsp3) is 0.417. The van der Waals surface area contributed by atoms with Crippen molar-refractivity contribution in [2.45, 2.75) is 18.9 Å². The number of aliphatic hydroxyl groups excluding tert-OH is 1. The van der Waals surface area contributed by atoms with Crippen molar-refractivity contribution in [3.8, 4) is 0 Å². The summed E-state index contributed by atoms with van der Waals surface area (Å²) in [6.07, 6.45) is 1.63. The van der Waals surface area contributed by atoms with E-state index in [1.54, 1.807) is 11.0 Å². The lowest BCUT2D eigenvalue weighted by molar-refractivity contribution is -0.384. The molecule has 1 amide bonds. The van der Waals surface area contributed by atoms with Gasteiger partial charge in [0.05, 0.1) is 17.6 Å². The Bertz CT molecular complexity index is 475. The topological polar surface area (TPSA) is 83.7 Å². The van der Waals surface area contributed by atoms with Crippen molar-refractivity contribution in [1.82, 2.24) is 4.90 Å². The van der Waals surface area contributed by atoms with E-state index in [9.17, 15) is 20.0 Å². The zero-order chi connectivity index (χ0) is 13.1. The van der Waals surface area contributed by atoms with Crippen LogP contribution in [0.1, 0.15) is 23.2 Å². The Morgan fingerprint density at radius 3 is 3.00 bits per heavy atom. The van der Waals surface area contributed by atoms with Gasteiger partial charge in [-0.1, -0.05) is 6.07 Å². The zero-order valence-corrected chi connectivity index (χ0v) is 9.78. The lowest BCUT2D eigenvalue weighted by Crippen LogP contribution is -2.37. The minimum Gasteiger partial charge on any atom is -0.394 e. The van der Waals surface area contributed by atoms with E-state index in [1.807, 2.05) is 0 Å². The van der Waals surface area contributed by atoms with Crippen molar-refractivity contribution in [2.75, 3.05) is 13.2 Å². The third kappa shape index (κ3) is 2.33. The standard InChI is InChI=1S/C12H14N2O4/c15-8-11-5-2-6-13(11)12(16)9-3-1-4-10(7-9)14(17)18/h1,3-4,7,11,15H,2,5-6,8H2/t11-/m0/s1. The highest BCUT2D eigenvalue weighted by atomic mass is 16.6. The smallest absolute Gasteiger partial charge is 0.270 e. The van der Waals surface area contributed by atoms with Crippen molar-refractivity contribution < 1.29 is 14.8 Å². The Balaban J connectivity index is 2.23. The molecule has 1 saturated heterocycles. The van der Waals surface area contributed by atoms with E-state index >= 15 is 0 Å². The van der Waals surface area contributed by atoms with Gasteiger partial charge in [-0.15, -0.1) is 0 Å². The molecular weight excluding hydrogens is 236 g/mol. The zero-order valence-electron chi connectivity index (χ0n) is 9.78. The Hall–Kier alpha value is -1.95. The molecule has 1 heterocycles. The molecule has 1 aromatic rings. The number of amides is 1. The molecule has 1 aromatic carbocycles. The number of likely N-dealkylation sites (tertiary alicyclic amines) is 1. The lowest BCUT2D eigenvalue weighted by atomic mass is 10.1. The molecule has 1 aliphatic heterocycles. The van der Waals surface area contributed by atoms with E-state index in [0.29, 0.717) is 12.1 Å². The first-order valence-electron chi connectivity index (χ1n) is 5.80. The van der Waals surface area contributed by atoms with Crippen LogP contribution in [-0.4, -0.2) is 40.0 Å². The summed E-state index contributed by atoms with van der Waals surface area (Å²) < 4.78 is 0. The van der Waals surface area contributed by atoms with Crippen LogP contribution in [0.25, 0.3) is 0 Å². The number of hydrogen-bond acceptors (Lipinski definition) is 4. The number of non-ortho nitro benzene ring substituents is 1. The van der Waals surface area contributed by atoms with Gasteiger partial charge < -0.3 is 10.0 Å². The minimum atomic E-state index is -0.524. The van der Waals surface area contributed by atoms with Gasteiger partial charge in [-0.2, -0.15) is 0 Å². The Morgan fingerprint density at radius 2 is 2.33 bits per heavy atom. The third-order valence-corrected chi connectivity index (χ3v) is 3.15. The van der Waals surface area contributed by atoms with Crippen LogP contribution in [0.3, 0.4) is 0 Å². The van der Waals surface area contributed by atoms with Crippen molar-refractivity contribution in [2.24, 2.45) is 0 Å². The van der Waals surface area contributed by atoms with Crippen LogP contribution >= 0.6 is 0 Å². The molecule has 96 valence electrons. The van der Waals surface area contributed by atoms with Gasteiger partial charge >= 0.3 is 0 Å². The first-order valence-corrected chi connectivity index (χ1v) is 5.80. The molecule has 0 spiro atoms. The summed E-state index contributed by atoms with van der Waals surface area (Å²) in [7, 11) is 0. The first kappa shape index (κ1) is 12.5. The summed E-state index contributed by atoms with van der Waals surface area (Å²) in [5.41, 5.74) is 0.199. The van der Waals surface area contributed by atoms with Crippen molar-refractivity contribution in [3.05, 3.63) is 39.9 Å². The molecule has 0 bridgehead atoms. The normalized spacial score (nSPS) is 18.9. The highest BCUT2D eigenvalue weighted by molar-refractivity contribution is 5.95. The molecule has 18 heavy (non-hydrogen) atoms. The predicted octanol–water partition coefficient (Wildman–Crippen LogP) is 1.19. The minimum absolute atomic E-state index is 0.0688. The molecule has 6 heteroatoms. The number of hydrogen-bond donors (Lipinski definition) is 1. The second-order valence-corrected chi connectivity index (χ2v) is 4.28. The van der Waals surface area contributed by atoms with E-state index in [4.69, 9.17) is 0 Å². The quantitative estimate of drug-likeness (QED) is 0.645. The van der Waals surface area contributed by atoms with Crippen molar-refractivity contribution >= 4 is 11.6 Å². The fourth-order valence-electron chi connectivity index (χ4n) is 2.21. The van der Waals surface area contributed by atoms with Crippen LogP contribution in [0.4, 0.5) is 5.69 Å². The highest BCUT2D eigenvalue weighted by Crippen LogP contribution is 2.21. The number of nitro benzene ring substituents is 1. The first-order chi connectivity index (χ1) is 8.63. The average molecular weight is 250 g/mol. The SMILES string of the molecule is O=C(c1cccc([N+](=O)[O-])c1)N1CCC[C@H]1CO.